The van der Waals surface area contributed by atoms with E-state index in [-0.39, 0.29) is 5.91 Å². The van der Waals surface area contributed by atoms with Crippen molar-refractivity contribution in [1.82, 2.24) is 20.4 Å². The molecule has 0 saturated carbocycles. The Balaban J connectivity index is 1.62. The van der Waals surface area contributed by atoms with E-state index < -0.39 is 18.1 Å². The van der Waals surface area contributed by atoms with Crippen LogP contribution in [-0.4, -0.2) is 38.8 Å². The Morgan fingerprint density at radius 1 is 1.23 bits per heavy atom. The quantitative estimate of drug-likeness (QED) is 0.726. The molecule has 1 aromatic carbocycles. The fraction of sp³-hybridized carbons (Fsp3) is 0.421. The first-order valence-corrected chi connectivity index (χ1v) is 8.79. The summed E-state index contributed by atoms with van der Waals surface area (Å²) in [6, 6.07) is 9.02. The first kappa shape index (κ1) is 18.1. The molecule has 3 N–H and O–H groups in total. The van der Waals surface area contributed by atoms with Crippen molar-refractivity contribution in [2.75, 3.05) is 0 Å². The number of aliphatic carboxylic acids is 1. The fourth-order valence-corrected chi connectivity index (χ4v) is 3.34. The molecule has 26 heavy (non-hydrogen) atoms. The first-order valence-electron chi connectivity index (χ1n) is 8.79. The number of rotatable bonds is 6. The van der Waals surface area contributed by atoms with Gasteiger partial charge in [-0.2, -0.15) is 5.10 Å². The average Bonchev–Trinajstić information content (AvgIpc) is 3.21. The number of carboxylic acids is 1. The van der Waals surface area contributed by atoms with Crippen molar-refractivity contribution < 1.29 is 14.7 Å². The Morgan fingerprint density at radius 3 is 2.58 bits per heavy atom. The van der Waals surface area contributed by atoms with Gasteiger partial charge in [-0.3, -0.25) is 19.6 Å². The summed E-state index contributed by atoms with van der Waals surface area (Å²) in [5, 5.41) is 19.4. The number of amides is 1. The zero-order valence-corrected chi connectivity index (χ0v) is 15.0. The Hall–Kier alpha value is -2.67. The van der Waals surface area contributed by atoms with Crippen LogP contribution in [0.25, 0.3) is 0 Å². The Morgan fingerprint density at radius 2 is 1.92 bits per heavy atom. The predicted molar refractivity (Wildman–Crippen MR) is 96.7 cm³/mol. The summed E-state index contributed by atoms with van der Waals surface area (Å²) in [4.78, 5) is 23.3. The van der Waals surface area contributed by atoms with Gasteiger partial charge in [0.1, 0.15) is 6.04 Å². The van der Waals surface area contributed by atoms with Crippen molar-refractivity contribution in [3.63, 3.8) is 0 Å². The number of aryl methyl sites for hydroxylation is 1. The summed E-state index contributed by atoms with van der Waals surface area (Å²) in [5.74, 6) is -1.07. The van der Waals surface area contributed by atoms with Crippen LogP contribution in [0, 0.1) is 13.8 Å². The lowest BCUT2D eigenvalue weighted by Gasteiger charge is -2.13. The molecule has 3 rings (SSSR count). The zero-order chi connectivity index (χ0) is 18.7. The number of nitrogens with one attached hydrogen (secondary N) is 2. The third-order valence-electron chi connectivity index (χ3n) is 4.91. The highest BCUT2D eigenvalue weighted by atomic mass is 16.4. The molecule has 1 fully saturated rings. The number of hydrogen-bond donors (Lipinski definition) is 3. The molecular weight excluding hydrogens is 332 g/mol. The molecule has 2 aromatic rings. The van der Waals surface area contributed by atoms with Gasteiger partial charge in [0.05, 0.1) is 18.3 Å². The summed E-state index contributed by atoms with van der Waals surface area (Å²) in [5.41, 5.74) is 4.08. The average molecular weight is 356 g/mol. The molecule has 7 nitrogen and oxygen atoms in total. The standard InChI is InChI=1S/C19H24N4O3/c1-12-15(10-20-18(24)16-8-9-17(21-16)19(25)26)13(2)23(22-12)11-14-6-4-3-5-7-14/h3-7,16-17,21H,8-11H2,1-2H3,(H,20,24)(H,25,26)/t16-,17+/m1/s1. The predicted octanol–water partition coefficient (Wildman–Crippen LogP) is 1.37. The molecule has 138 valence electrons. The van der Waals surface area contributed by atoms with E-state index in [0.29, 0.717) is 25.9 Å². The van der Waals surface area contributed by atoms with E-state index in [4.69, 9.17) is 5.11 Å². The molecule has 0 unspecified atom stereocenters. The van der Waals surface area contributed by atoms with Gasteiger partial charge in [0, 0.05) is 17.8 Å². The minimum absolute atomic E-state index is 0.164. The Bertz CT molecular complexity index is 801. The Labute approximate surface area is 152 Å². The van der Waals surface area contributed by atoms with Crippen molar-refractivity contribution in [3.05, 3.63) is 52.8 Å². The van der Waals surface area contributed by atoms with Gasteiger partial charge in [0.15, 0.2) is 0 Å². The lowest BCUT2D eigenvalue weighted by Crippen LogP contribution is -2.44. The summed E-state index contributed by atoms with van der Waals surface area (Å²) >= 11 is 0. The van der Waals surface area contributed by atoms with Gasteiger partial charge in [0.25, 0.3) is 0 Å². The van der Waals surface area contributed by atoms with Crippen LogP contribution in [0.2, 0.25) is 0 Å². The number of aromatic nitrogens is 2. The molecule has 1 amide bonds. The number of nitrogens with zero attached hydrogens (tertiary/aromatic N) is 2. The first-order chi connectivity index (χ1) is 12.5. The second kappa shape index (κ2) is 7.70. The number of carbonyl (C=O) groups excluding carboxylic acids is 1. The number of carboxylic acid groups (broad SMARTS) is 1. The van der Waals surface area contributed by atoms with Gasteiger partial charge in [-0.25, -0.2) is 0 Å². The van der Waals surface area contributed by atoms with Gasteiger partial charge in [-0.1, -0.05) is 30.3 Å². The molecule has 0 aliphatic carbocycles. The summed E-state index contributed by atoms with van der Waals surface area (Å²) < 4.78 is 1.94. The normalized spacial score (nSPS) is 19.5. The molecule has 0 radical (unpaired) electrons. The van der Waals surface area contributed by atoms with Crippen molar-refractivity contribution in [1.29, 1.82) is 0 Å². The minimum Gasteiger partial charge on any atom is -0.480 e. The second-order valence-corrected chi connectivity index (χ2v) is 6.70. The molecule has 2 heterocycles. The number of carbonyl (C=O) groups is 2. The maximum Gasteiger partial charge on any atom is 0.320 e. The second-order valence-electron chi connectivity index (χ2n) is 6.70. The van der Waals surface area contributed by atoms with Gasteiger partial charge in [-0.05, 0) is 32.3 Å². The van der Waals surface area contributed by atoms with Gasteiger partial charge >= 0.3 is 5.97 Å². The molecule has 1 aromatic heterocycles. The molecule has 1 aliphatic rings. The van der Waals surface area contributed by atoms with Crippen molar-refractivity contribution in [2.45, 2.75) is 51.9 Å². The van der Waals surface area contributed by atoms with Crippen LogP contribution in [-0.2, 0) is 22.7 Å². The summed E-state index contributed by atoms with van der Waals surface area (Å²) in [6.07, 6.45) is 1.01. The summed E-state index contributed by atoms with van der Waals surface area (Å²) in [7, 11) is 0. The third-order valence-corrected chi connectivity index (χ3v) is 4.91. The minimum atomic E-state index is -0.908. The largest absolute Gasteiger partial charge is 0.480 e. The maximum atomic E-state index is 12.3. The highest BCUT2D eigenvalue weighted by molar-refractivity contribution is 5.84. The number of hydrogen-bond acceptors (Lipinski definition) is 4. The summed E-state index contributed by atoms with van der Waals surface area (Å²) in [6.45, 7) is 5.01. The molecule has 1 aliphatic heterocycles. The molecule has 2 atom stereocenters. The van der Waals surface area contributed by atoms with E-state index in [2.05, 4.69) is 27.9 Å². The number of benzene rings is 1. The monoisotopic (exact) mass is 356 g/mol. The SMILES string of the molecule is Cc1nn(Cc2ccccc2)c(C)c1CNC(=O)[C@H]1CC[C@@H](C(=O)O)N1. The molecule has 0 spiro atoms. The topological polar surface area (TPSA) is 96.2 Å². The van der Waals surface area contributed by atoms with E-state index in [0.717, 1.165) is 17.0 Å². The van der Waals surface area contributed by atoms with E-state index >= 15 is 0 Å². The lowest BCUT2D eigenvalue weighted by molar-refractivity contribution is -0.139. The maximum absolute atomic E-state index is 12.3. The smallest absolute Gasteiger partial charge is 0.320 e. The van der Waals surface area contributed by atoms with Crippen LogP contribution in [0.4, 0.5) is 0 Å². The molecule has 0 bridgehead atoms. The highest BCUT2D eigenvalue weighted by Gasteiger charge is 2.32. The van der Waals surface area contributed by atoms with Crippen molar-refractivity contribution >= 4 is 11.9 Å². The van der Waals surface area contributed by atoms with Crippen molar-refractivity contribution in [3.8, 4) is 0 Å². The molecule has 1 saturated heterocycles. The highest BCUT2D eigenvalue weighted by Crippen LogP contribution is 2.16. The third kappa shape index (κ3) is 3.94. The fourth-order valence-electron chi connectivity index (χ4n) is 3.34. The molecule has 7 heteroatoms. The van der Waals surface area contributed by atoms with E-state index in [9.17, 15) is 9.59 Å². The van der Waals surface area contributed by atoms with Crippen LogP contribution in [0.5, 0.6) is 0 Å². The van der Waals surface area contributed by atoms with E-state index in [1.54, 1.807) is 0 Å². The van der Waals surface area contributed by atoms with Gasteiger partial charge in [0.2, 0.25) is 5.91 Å². The Kier molecular flexibility index (Phi) is 5.37. The lowest BCUT2D eigenvalue weighted by atomic mass is 10.1. The van der Waals surface area contributed by atoms with E-state index in [1.165, 1.54) is 5.56 Å². The zero-order valence-electron chi connectivity index (χ0n) is 15.0. The van der Waals surface area contributed by atoms with Crippen molar-refractivity contribution in [2.24, 2.45) is 0 Å². The van der Waals surface area contributed by atoms with Crippen LogP contribution < -0.4 is 10.6 Å². The van der Waals surface area contributed by atoms with Crippen LogP contribution in [0.15, 0.2) is 30.3 Å². The molecular formula is C19H24N4O3. The van der Waals surface area contributed by atoms with Gasteiger partial charge < -0.3 is 10.4 Å². The van der Waals surface area contributed by atoms with E-state index in [1.807, 2.05) is 36.7 Å². The van der Waals surface area contributed by atoms with Crippen LogP contribution >= 0.6 is 0 Å². The van der Waals surface area contributed by atoms with Crippen LogP contribution in [0.1, 0.15) is 35.4 Å². The van der Waals surface area contributed by atoms with Crippen LogP contribution in [0.3, 0.4) is 0 Å². The van der Waals surface area contributed by atoms with Gasteiger partial charge in [-0.15, -0.1) is 0 Å².